The molecule has 120 valence electrons. The van der Waals surface area contributed by atoms with Crippen molar-refractivity contribution in [2.45, 2.75) is 0 Å². The molecule has 0 aliphatic carbocycles. The Labute approximate surface area is 133 Å². The highest BCUT2D eigenvalue weighted by Gasteiger charge is 2.05. The van der Waals surface area contributed by atoms with Gasteiger partial charge in [-0.2, -0.15) is 0 Å². The monoisotopic (exact) mass is 316 g/mol. The summed E-state index contributed by atoms with van der Waals surface area (Å²) >= 11 is 0. The van der Waals surface area contributed by atoms with Crippen LogP contribution in [-0.4, -0.2) is 31.5 Å². The summed E-state index contributed by atoms with van der Waals surface area (Å²) in [6.45, 7) is 0.465. The van der Waals surface area contributed by atoms with Crippen molar-refractivity contribution >= 4 is 11.8 Å². The normalized spacial score (nSPS) is 9.96. The molecule has 0 saturated carbocycles. The molecule has 0 aromatic heterocycles. The van der Waals surface area contributed by atoms with Crippen molar-refractivity contribution in [3.8, 4) is 5.75 Å². The van der Waals surface area contributed by atoms with Crippen molar-refractivity contribution in [2.24, 2.45) is 0 Å². The highest BCUT2D eigenvalue weighted by atomic mass is 19.1. The van der Waals surface area contributed by atoms with Crippen LogP contribution >= 0.6 is 0 Å². The van der Waals surface area contributed by atoms with Crippen LogP contribution in [0, 0.1) is 5.82 Å². The van der Waals surface area contributed by atoms with E-state index in [1.807, 2.05) is 18.2 Å². The fraction of sp³-hybridized carbons (Fsp3) is 0.176. The van der Waals surface area contributed by atoms with Crippen molar-refractivity contribution in [1.82, 2.24) is 10.6 Å². The van der Waals surface area contributed by atoms with Crippen molar-refractivity contribution in [2.75, 3.05) is 19.7 Å². The lowest BCUT2D eigenvalue weighted by Crippen LogP contribution is -2.36. The SMILES string of the molecule is O=C(COc1ccccc1)NCCNC(=O)c1ccc(F)cc1. The largest absolute Gasteiger partial charge is 0.484 e. The molecule has 0 spiro atoms. The van der Waals surface area contributed by atoms with E-state index in [0.717, 1.165) is 0 Å². The van der Waals surface area contributed by atoms with Crippen LogP contribution in [0.1, 0.15) is 10.4 Å². The minimum absolute atomic E-state index is 0.0874. The van der Waals surface area contributed by atoms with Crippen LogP contribution in [0.4, 0.5) is 4.39 Å². The topological polar surface area (TPSA) is 67.4 Å². The summed E-state index contributed by atoms with van der Waals surface area (Å²) in [7, 11) is 0. The van der Waals surface area contributed by atoms with Crippen LogP contribution < -0.4 is 15.4 Å². The molecule has 0 bridgehead atoms. The van der Waals surface area contributed by atoms with Gasteiger partial charge in [-0.15, -0.1) is 0 Å². The summed E-state index contributed by atoms with van der Waals surface area (Å²) in [5.74, 6) is -0.371. The zero-order valence-corrected chi connectivity index (χ0v) is 12.4. The van der Waals surface area contributed by atoms with E-state index >= 15 is 0 Å². The van der Waals surface area contributed by atoms with Gasteiger partial charge in [-0.3, -0.25) is 9.59 Å². The van der Waals surface area contributed by atoms with Gasteiger partial charge in [-0.25, -0.2) is 4.39 Å². The molecule has 0 atom stereocenters. The third-order valence-corrected chi connectivity index (χ3v) is 2.95. The number of carbonyl (C=O) groups excluding carboxylic acids is 2. The van der Waals surface area contributed by atoms with Crippen LogP contribution in [0.3, 0.4) is 0 Å². The number of benzene rings is 2. The van der Waals surface area contributed by atoms with E-state index in [1.54, 1.807) is 12.1 Å². The molecule has 23 heavy (non-hydrogen) atoms. The molecule has 0 aliphatic heterocycles. The number of para-hydroxylation sites is 1. The van der Waals surface area contributed by atoms with Crippen LogP contribution in [0.5, 0.6) is 5.75 Å². The predicted octanol–water partition coefficient (Wildman–Crippen LogP) is 1.75. The Morgan fingerprint density at radius 3 is 2.26 bits per heavy atom. The van der Waals surface area contributed by atoms with Crippen molar-refractivity contribution in [3.63, 3.8) is 0 Å². The Hall–Kier alpha value is -2.89. The van der Waals surface area contributed by atoms with Gasteiger partial charge in [0.25, 0.3) is 11.8 Å². The number of ether oxygens (including phenoxy) is 1. The van der Waals surface area contributed by atoms with Gasteiger partial charge in [0, 0.05) is 18.7 Å². The van der Waals surface area contributed by atoms with Crippen molar-refractivity contribution < 1.29 is 18.7 Å². The van der Waals surface area contributed by atoms with Gasteiger partial charge in [0.05, 0.1) is 0 Å². The molecule has 0 fully saturated rings. The molecule has 0 aliphatic rings. The summed E-state index contributed by atoms with van der Waals surface area (Å²) in [6.07, 6.45) is 0. The van der Waals surface area contributed by atoms with Gasteiger partial charge in [0.1, 0.15) is 11.6 Å². The summed E-state index contributed by atoms with van der Waals surface area (Å²) < 4.78 is 18.0. The first-order valence-corrected chi connectivity index (χ1v) is 7.13. The Morgan fingerprint density at radius 1 is 0.913 bits per heavy atom. The maximum Gasteiger partial charge on any atom is 0.258 e. The van der Waals surface area contributed by atoms with E-state index in [0.29, 0.717) is 11.3 Å². The molecule has 5 nitrogen and oxygen atoms in total. The number of hydrogen-bond acceptors (Lipinski definition) is 3. The number of hydrogen-bond donors (Lipinski definition) is 2. The van der Waals surface area contributed by atoms with Crippen LogP contribution in [0.2, 0.25) is 0 Å². The second-order valence-electron chi connectivity index (χ2n) is 4.71. The standard InChI is InChI=1S/C17H17FN2O3/c18-14-8-6-13(7-9-14)17(22)20-11-10-19-16(21)12-23-15-4-2-1-3-5-15/h1-9H,10-12H2,(H,19,21)(H,20,22). The molecule has 0 heterocycles. The number of rotatable bonds is 7. The third-order valence-electron chi connectivity index (χ3n) is 2.95. The van der Waals surface area contributed by atoms with E-state index in [4.69, 9.17) is 4.74 Å². The Kier molecular flexibility index (Phi) is 6.11. The van der Waals surface area contributed by atoms with E-state index < -0.39 is 5.82 Å². The fourth-order valence-corrected chi connectivity index (χ4v) is 1.80. The molecule has 0 saturated heterocycles. The van der Waals surface area contributed by atoms with E-state index in [1.165, 1.54) is 24.3 Å². The molecule has 2 aromatic carbocycles. The van der Waals surface area contributed by atoms with E-state index in [2.05, 4.69) is 10.6 Å². The average Bonchev–Trinajstić information content (AvgIpc) is 2.58. The first-order valence-electron chi connectivity index (χ1n) is 7.13. The average molecular weight is 316 g/mol. The van der Waals surface area contributed by atoms with Gasteiger partial charge in [-0.05, 0) is 36.4 Å². The van der Waals surface area contributed by atoms with Crippen LogP contribution in [0.15, 0.2) is 54.6 Å². The van der Waals surface area contributed by atoms with Gasteiger partial charge < -0.3 is 15.4 Å². The second kappa shape index (κ2) is 8.53. The number of amides is 2. The molecule has 2 aromatic rings. The van der Waals surface area contributed by atoms with Crippen molar-refractivity contribution in [1.29, 1.82) is 0 Å². The Morgan fingerprint density at radius 2 is 1.57 bits per heavy atom. The predicted molar refractivity (Wildman–Crippen MR) is 83.7 cm³/mol. The lowest BCUT2D eigenvalue weighted by Gasteiger charge is -2.08. The van der Waals surface area contributed by atoms with Gasteiger partial charge in [0.15, 0.2) is 6.61 Å². The molecular weight excluding hydrogens is 299 g/mol. The Balaban J connectivity index is 1.62. The van der Waals surface area contributed by atoms with Gasteiger partial charge >= 0.3 is 0 Å². The number of carbonyl (C=O) groups is 2. The zero-order chi connectivity index (χ0) is 16.5. The lowest BCUT2D eigenvalue weighted by molar-refractivity contribution is -0.123. The second-order valence-corrected chi connectivity index (χ2v) is 4.71. The Bertz CT molecular complexity index is 645. The maximum atomic E-state index is 12.7. The number of nitrogens with one attached hydrogen (secondary N) is 2. The summed E-state index contributed by atoms with van der Waals surface area (Å²) in [5.41, 5.74) is 0.366. The molecule has 6 heteroatoms. The molecular formula is C17H17FN2O3. The van der Waals surface area contributed by atoms with E-state index in [9.17, 15) is 14.0 Å². The quantitative estimate of drug-likeness (QED) is 0.765. The fourth-order valence-electron chi connectivity index (χ4n) is 1.80. The maximum absolute atomic E-state index is 12.7. The first kappa shape index (κ1) is 16.5. The minimum Gasteiger partial charge on any atom is -0.484 e. The lowest BCUT2D eigenvalue weighted by atomic mass is 10.2. The van der Waals surface area contributed by atoms with Crippen molar-refractivity contribution in [3.05, 3.63) is 66.0 Å². The molecule has 0 unspecified atom stereocenters. The molecule has 2 N–H and O–H groups in total. The molecule has 0 radical (unpaired) electrons. The molecule has 2 amide bonds. The van der Waals surface area contributed by atoms with Gasteiger partial charge in [-0.1, -0.05) is 18.2 Å². The third kappa shape index (κ3) is 5.78. The van der Waals surface area contributed by atoms with E-state index in [-0.39, 0.29) is 31.5 Å². The van der Waals surface area contributed by atoms with Crippen LogP contribution in [-0.2, 0) is 4.79 Å². The minimum atomic E-state index is -0.396. The summed E-state index contributed by atoms with van der Waals surface area (Å²) in [5, 5.41) is 5.26. The highest BCUT2D eigenvalue weighted by molar-refractivity contribution is 5.94. The first-order chi connectivity index (χ1) is 11.1. The summed E-state index contributed by atoms with van der Waals surface area (Å²) in [6, 6.07) is 14.3. The summed E-state index contributed by atoms with van der Waals surface area (Å²) in [4.78, 5) is 23.3. The van der Waals surface area contributed by atoms with Gasteiger partial charge in [0.2, 0.25) is 0 Å². The van der Waals surface area contributed by atoms with Crippen LogP contribution in [0.25, 0.3) is 0 Å². The zero-order valence-electron chi connectivity index (χ0n) is 12.4. The highest BCUT2D eigenvalue weighted by Crippen LogP contribution is 2.07. The number of halogens is 1. The smallest absolute Gasteiger partial charge is 0.258 e. The molecule has 2 rings (SSSR count).